The third-order valence-corrected chi connectivity index (χ3v) is 4.56. The van der Waals surface area contributed by atoms with E-state index in [9.17, 15) is 0 Å². The summed E-state index contributed by atoms with van der Waals surface area (Å²) < 4.78 is 0. The van der Waals surface area contributed by atoms with E-state index in [1.165, 1.54) is 25.1 Å². The Morgan fingerprint density at radius 2 is 2.06 bits per heavy atom. The van der Waals surface area contributed by atoms with Crippen molar-refractivity contribution in [3.63, 3.8) is 0 Å². The minimum atomic E-state index is 0.289. The Balaban J connectivity index is 2.04. The van der Waals surface area contributed by atoms with E-state index in [0.29, 0.717) is 0 Å². The van der Waals surface area contributed by atoms with E-state index in [1.807, 2.05) is 11.3 Å². The van der Waals surface area contributed by atoms with E-state index in [1.54, 1.807) is 4.88 Å². The third-order valence-electron chi connectivity index (χ3n) is 3.53. The number of nitrogens with one attached hydrogen (secondary N) is 1. The average Bonchev–Trinajstić information content (AvgIpc) is 2.65. The van der Waals surface area contributed by atoms with Crippen molar-refractivity contribution in [2.75, 3.05) is 26.2 Å². The molecule has 2 heterocycles. The molecule has 0 bridgehead atoms. The number of thiophene rings is 1. The fraction of sp³-hybridized carbons (Fsp3) is 0.692. The molecule has 1 saturated heterocycles. The van der Waals surface area contributed by atoms with Crippen LogP contribution in [0, 0.1) is 6.92 Å². The van der Waals surface area contributed by atoms with Gasteiger partial charge in [0.15, 0.2) is 0 Å². The summed E-state index contributed by atoms with van der Waals surface area (Å²) >= 11 is 1.90. The van der Waals surface area contributed by atoms with E-state index in [0.717, 1.165) is 13.1 Å². The van der Waals surface area contributed by atoms with Crippen LogP contribution in [-0.2, 0) is 6.42 Å². The van der Waals surface area contributed by atoms with Crippen LogP contribution in [0.1, 0.15) is 24.3 Å². The summed E-state index contributed by atoms with van der Waals surface area (Å²) in [6.45, 7) is 11.6. The summed E-state index contributed by atoms with van der Waals surface area (Å²) in [7, 11) is 0. The Morgan fingerprint density at radius 1 is 1.38 bits per heavy atom. The van der Waals surface area contributed by atoms with Crippen molar-refractivity contribution < 1.29 is 0 Å². The summed E-state index contributed by atoms with van der Waals surface area (Å²) in [5.41, 5.74) is 1.74. The van der Waals surface area contributed by atoms with Gasteiger partial charge >= 0.3 is 0 Å². The van der Waals surface area contributed by atoms with Gasteiger partial charge in [0.2, 0.25) is 0 Å². The van der Waals surface area contributed by atoms with Crippen molar-refractivity contribution in [2.45, 2.75) is 32.7 Å². The summed E-state index contributed by atoms with van der Waals surface area (Å²) in [5.74, 6) is 0. The Bertz CT molecular complexity index is 337. The van der Waals surface area contributed by atoms with E-state index >= 15 is 0 Å². The molecule has 1 aromatic rings. The summed E-state index contributed by atoms with van der Waals surface area (Å²) in [5, 5.41) is 5.62. The highest BCUT2D eigenvalue weighted by Gasteiger charge is 2.28. The molecular formula is C13H22N2S. The molecule has 1 aliphatic rings. The van der Waals surface area contributed by atoms with Crippen LogP contribution in [0.4, 0.5) is 0 Å². The number of hydrogen-bond donors (Lipinski definition) is 1. The molecule has 2 rings (SSSR count). The van der Waals surface area contributed by atoms with Crippen LogP contribution in [0.5, 0.6) is 0 Å². The van der Waals surface area contributed by atoms with Crippen molar-refractivity contribution in [2.24, 2.45) is 0 Å². The Kier molecular flexibility index (Phi) is 3.67. The van der Waals surface area contributed by atoms with E-state index in [-0.39, 0.29) is 5.54 Å². The van der Waals surface area contributed by atoms with Gasteiger partial charge in [-0.05, 0) is 44.2 Å². The molecule has 16 heavy (non-hydrogen) atoms. The highest BCUT2D eigenvalue weighted by molar-refractivity contribution is 7.10. The lowest BCUT2D eigenvalue weighted by Crippen LogP contribution is -2.54. The van der Waals surface area contributed by atoms with Crippen LogP contribution < -0.4 is 5.32 Å². The molecule has 0 amide bonds. The summed E-state index contributed by atoms with van der Waals surface area (Å²) in [4.78, 5) is 4.16. The first-order valence-electron chi connectivity index (χ1n) is 6.08. The normalized spacial score (nSPS) is 18.9. The van der Waals surface area contributed by atoms with Gasteiger partial charge in [0.05, 0.1) is 0 Å². The molecule has 1 aromatic heterocycles. The lowest BCUT2D eigenvalue weighted by molar-refractivity contribution is 0.104. The van der Waals surface area contributed by atoms with E-state index in [4.69, 9.17) is 0 Å². The second-order valence-corrected chi connectivity index (χ2v) is 6.25. The minimum Gasteiger partial charge on any atom is -0.314 e. The fourth-order valence-electron chi connectivity index (χ4n) is 2.36. The molecule has 0 aliphatic carbocycles. The van der Waals surface area contributed by atoms with Gasteiger partial charge in [0.1, 0.15) is 0 Å². The molecule has 0 atom stereocenters. The first kappa shape index (κ1) is 12.1. The molecule has 1 fully saturated rings. The second-order valence-electron chi connectivity index (χ2n) is 5.25. The van der Waals surface area contributed by atoms with Crippen molar-refractivity contribution in [1.82, 2.24) is 10.2 Å². The maximum atomic E-state index is 3.42. The van der Waals surface area contributed by atoms with Crippen LogP contribution in [0.3, 0.4) is 0 Å². The Hall–Kier alpha value is -0.380. The molecule has 0 saturated carbocycles. The number of hydrogen-bond acceptors (Lipinski definition) is 3. The van der Waals surface area contributed by atoms with Gasteiger partial charge in [0, 0.05) is 36.6 Å². The number of nitrogens with zero attached hydrogens (tertiary/aromatic N) is 1. The molecule has 3 heteroatoms. The molecular weight excluding hydrogens is 216 g/mol. The molecule has 1 aliphatic heterocycles. The lowest BCUT2D eigenvalue weighted by Gasteiger charge is -2.41. The van der Waals surface area contributed by atoms with Crippen LogP contribution in [0.25, 0.3) is 0 Å². The molecule has 0 radical (unpaired) electrons. The maximum Gasteiger partial charge on any atom is 0.0202 e. The van der Waals surface area contributed by atoms with Gasteiger partial charge in [0.25, 0.3) is 0 Å². The van der Waals surface area contributed by atoms with Crippen molar-refractivity contribution in [3.05, 3.63) is 21.9 Å². The van der Waals surface area contributed by atoms with Gasteiger partial charge < -0.3 is 5.32 Å². The first-order chi connectivity index (χ1) is 7.59. The second kappa shape index (κ2) is 4.86. The SMILES string of the molecule is Cc1ccsc1CC(C)(C)N1CCNCC1. The molecule has 0 aromatic carbocycles. The summed E-state index contributed by atoms with van der Waals surface area (Å²) in [6, 6.07) is 2.23. The highest BCUT2D eigenvalue weighted by Crippen LogP contribution is 2.26. The molecule has 90 valence electrons. The largest absolute Gasteiger partial charge is 0.314 e. The lowest BCUT2D eigenvalue weighted by atomic mass is 9.95. The topological polar surface area (TPSA) is 15.3 Å². The van der Waals surface area contributed by atoms with Gasteiger partial charge in [-0.15, -0.1) is 11.3 Å². The third kappa shape index (κ3) is 2.65. The number of aryl methyl sites for hydroxylation is 1. The molecule has 2 nitrogen and oxygen atoms in total. The zero-order chi connectivity index (χ0) is 11.6. The predicted octanol–water partition coefficient (Wildman–Crippen LogP) is 2.28. The van der Waals surface area contributed by atoms with Gasteiger partial charge in [-0.3, -0.25) is 4.90 Å². The standard InChI is InChI=1S/C13H22N2S/c1-11-4-9-16-12(11)10-13(2,3)15-7-5-14-6-8-15/h4,9,14H,5-8,10H2,1-3H3. The van der Waals surface area contributed by atoms with Gasteiger partial charge in [-0.1, -0.05) is 0 Å². The highest BCUT2D eigenvalue weighted by atomic mass is 32.1. The van der Waals surface area contributed by atoms with Crippen LogP contribution in [0.15, 0.2) is 11.4 Å². The van der Waals surface area contributed by atoms with Crippen LogP contribution in [-0.4, -0.2) is 36.6 Å². The fourth-order valence-corrected chi connectivity index (χ4v) is 3.49. The maximum absolute atomic E-state index is 3.42. The van der Waals surface area contributed by atoms with Crippen LogP contribution in [0.2, 0.25) is 0 Å². The number of rotatable bonds is 3. The Morgan fingerprint density at radius 3 is 2.62 bits per heavy atom. The monoisotopic (exact) mass is 238 g/mol. The average molecular weight is 238 g/mol. The van der Waals surface area contributed by atoms with E-state index < -0.39 is 0 Å². The van der Waals surface area contributed by atoms with Crippen molar-refractivity contribution in [3.8, 4) is 0 Å². The predicted molar refractivity (Wildman–Crippen MR) is 71.3 cm³/mol. The van der Waals surface area contributed by atoms with Crippen molar-refractivity contribution in [1.29, 1.82) is 0 Å². The molecule has 1 N–H and O–H groups in total. The van der Waals surface area contributed by atoms with E-state index in [2.05, 4.69) is 42.4 Å². The molecule has 0 spiro atoms. The summed E-state index contributed by atoms with van der Waals surface area (Å²) in [6.07, 6.45) is 1.18. The first-order valence-corrected chi connectivity index (χ1v) is 6.96. The van der Waals surface area contributed by atoms with Crippen molar-refractivity contribution >= 4 is 11.3 Å². The quantitative estimate of drug-likeness (QED) is 0.869. The van der Waals surface area contributed by atoms with Crippen LogP contribution >= 0.6 is 11.3 Å². The van der Waals surface area contributed by atoms with Gasteiger partial charge in [-0.2, -0.15) is 0 Å². The Labute approximate surface area is 103 Å². The smallest absolute Gasteiger partial charge is 0.0202 e. The zero-order valence-corrected chi connectivity index (χ0v) is 11.4. The molecule has 0 unspecified atom stereocenters. The number of piperazine rings is 1. The minimum absolute atomic E-state index is 0.289. The van der Waals surface area contributed by atoms with Gasteiger partial charge in [-0.25, -0.2) is 0 Å². The zero-order valence-electron chi connectivity index (χ0n) is 10.5.